The van der Waals surface area contributed by atoms with E-state index in [2.05, 4.69) is 19.2 Å². The molecule has 0 spiro atoms. The van der Waals surface area contributed by atoms with Crippen LogP contribution in [0.2, 0.25) is 0 Å². The van der Waals surface area contributed by atoms with E-state index < -0.39 is 0 Å². The summed E-state index contributed by atoms with van der Waals surface area (Å²) in [6, 6.07) is 0.537. The molecule has 16 heavy (non-hydrogen) atoms. The second-order valence-corrected chi connectivity index (χ2v) is 5.69. The molecular weight excluding hydrogens is 202 g/mol. The fourth-order valence-electron chi connectivity index (χ4n) is 2.41. The Hall–Kier alpha value is -0.120. The highest BCUT2D eigenvalue weighted by Crippen LogP contribution is 2.32. The molecule has 3 atom stereocenters. The van der Waals surface area contributed by atoms with E-state index in [0.717, 1.165) is 26.0 Å². The first-order chi connectivity index (χ1) is 7.66. The van der Waals surface area contributed by atoms with Gasteiger partial charge in [-0.05, 0) is 37.5 Å². The molecule has 3 nitrogen and oxygen atoms in total. The quantitative estimate of drug-likeness (QED) is 0.749. The number of hydrogen-bond acceptors (Lipinski definition) is 3. The molecule has 2 rings (SSSR count). The first-order valence-corrected chi connectivity index (χ1v) is 6.70. The van der Waals surface area contributed by atoms with Crippen molar-refractivity contribution in [1.29, 1.82) is 0 Å². The fraction of sp³-hybridized carbons (Fsp3) is 1.00. The zero-order valence-corrected chi connectivity index (χ0v) is 10.5. The van der Waals surface area contributed by atoms with Gasteiger partial charge in [0.1, 0.15) is 0 Å². The van der Waals surface area contributed by atoms with Crippen LogP contribution < -0.4 is 5.32 Å². The second-order valence-electron chi connectivity index (χ2n) is 5.69. The minimum absolute atomic E-state index is 0.125. The van der Waals surface area contributed by atoms with E-state index in [4.69, 9.17) is 4.74 Å². The Morgan fingerprint density at radius 1 is 1.31 bits per heavy atom. The minimum atomic E-state index is -0.125. The largest absolute Gasteiger partial charge is 0.392 e. The third-order valence-corrected chi connectivity index (χ3v) is 3.84. The van der Waals surface area contributed by atoms with E-state index in [0.29, 0.717) is 24.0 Å². The van der Waals surface area contributed by atoms with E-state index in [-0.39, 0.29) is 6.10 Å². The van der Waals surface area contributed by atoms with Gasteiger partial charge in [-0.15, -0.1) is 0 Å². The van der Waals surface area contributed by atoms with Gasteiger partial charge in [0.15, 0.2) is 0 Å². The van der Waals surface area contributed by atoms with Crippen molar-refractivity contribution in [3.05, 3.63) is 0 Å². The van der Waals surface area contributed by atoms with Crippen LogP contribution in [-0.2, 0) is 4.74 Å². The average molecular weight is 227 g/mol. The zero-order valence-electron chi connectivity index (χ0n) is 10.5. The monoisotopic (exact) mass is 227 g/mol. The maximum atomic E-state index is 9.80. The fourth-order valence-corrected chi connectivity index (χ4v) is 2.41. The molecule has 1 saturated heterocycles. The molecule has 1 aliphatic carbocycles. The Labute approximate surface area is 98.6 Å². The summed E-state index contributed by atoms with van der Waals surface area (Å²) >= 11 is 0. The lowest BCUT2D eigenvalue weighted by molar-refractivity contribution is -0.0260. The van der Waals surface area contributed by atoms with E-state index >= 15 is 0 Å². The van der Waals surface area contributed by atoms with Gasteiger partial charge in [-0.25, -0.2) is 0 Å². The smallest absolute Gasteiger partial charge is 0.0692 e. The van der Waals surface area contributed by atoms with E-state index in [1.165, 1.54) is 12.8 Å². The van der Waals surface area contributed by atoms with Gasteiger partial charge in [-0.3, -0.25) is 0 Å². The number of hydrogen-bond donors (Lipinski definition) is 2. The van der Waals surface area contributed by atoms with Crippen LogP contribution in [0.25, 0.3) is 0 Å². The van der Waals surface area contributed by atoms with Gasteiger partial charge in [0.05, 0.1) is 12.2 Å². The molecule has 94 valence electrons. The number of aliphatic hydroxyl groups excluding tert-OH is 1. The first-order valence-electron chi connectivity index (χ1n) is 6.70. The lowest BCUT2D eigenvalue weighted by atomic mass is 9.95. The van der Waals surface area contributed by atoms with Gasteiger partial charge in [0.25, 0.3) is 0 Å². The summed E-state index contributed by atoms with van der Waals surface area (Å²) in [6.07, 6.45) is 4.87. The number of ether oxygens (including phenoxy) is 1. The zero-order chi connectivity index (χ0) is 11.5. The van der Waals surface area contributed by atoms with Crippen LogP contribution in [0.1, 0.15) is 39.5 Å². The Balaban J connectivity index is 1.68. The summed E-state index contributed by atoms with van der Waals surface area (Å²) in [4.78, 5) is 0. The van der Waals surface area contributed by atoms with Gasteiger partial charge in [-0.1, -0.05) is 13.8 Å². The summed E-state index contributed by atoms with van der Waals surface area (Å²) in [5.41, 5.74) is 0. The number of aliphatic hydroxyl groups is 1. The van der Waals surface area contributed by atoms with Gasteiger partial charge in [0, 0.05) is 19.2 Å². The Morgan fingerprint density at radius 3 is 2.69 bits per heavy atom. The third-order valence-electron chi connectivity index (χ3n) is 3.84. The van der Waals surface area contributed by atoms with Crippen LogP contribution in [0.4, 0.5) is 0 Å². The van der Waals surface area contributed by atoms with Crippen molar-refractivity contribution in [3.8, 4) is 0 Å². The predicted molar refractivity (Wildman–Crippen MR) is 64.3 cm³/mol. The summed E-state index contributed by atoms with van der Waals surface area (Å²) in [7, 11) is 0. The molecule has 1 heterocycles. The van der Waals surface area contributed by atoms with E-state index in [9.17, 15) is 5.11 Å². The van der Waals surface area contributed by atoms with Crippen molar-refractivity contribution in [1.82, 2.24) is 5.32 Å². The third kappa shape index (κ3) is 3.44. The Kier molecular flexibility index (Phi) is 4.22. The van der Waals surface area contributed by atoms with Crippen LogP contribution in [0.5, 0.6) is 0 Å². The van der Waals surface area contributed by atoms with Crippen molar-refractivity contribution in [3.63, 3.8) is 0 Å². The molecule has 2 aliphatic rings. The average Bonchev–Trinajstić information content (AvgIpc) is 3.10. The van der Waals surface area contributed by atoms with Crippen molar-refractivity contribution in [2.24, 2.45) is 11.8 Å². The predicted octanol–water partition coefficient (Wildman–Crippen LogP) is 1.55. The SMILES string of the molecule is CC(C)C1CC(NCC(O)C2CC2)CCO1. The van der Waals surface area contributed by atoms with Gasteiger partial charge in [0.2, 0.25) is 0 Å². The highest BCUT2D eigenvalue weighted by molar-refractivity contribution is 4.85. The molecule has 0 amide bonds. The molecular formula is C13H25NO2. The summed E-state index contributed by atoms with van der Waals surface area (Å²) < 4.78 is 5.73. The normalized spacial score (nSPS) is 33.0. The first kappa shape index (κ1) is 12.3. The van der Waals surface area contributed by atoms with Crippen molar-refractivity contribution in [2.75, 3.05) is 13.2 Å². The Bertz CT molecular complexity index is 216. The number of nitrogens with one attached hydrogen (secondary N) is 1. The van der Waals surface area contributed by atoms with E-state index in [1.807, 2.05) is 0 Å². The molecule has 3 unspecified atom stereocenters. The molecule has 0 aromatic rings. The van der Waals surface area contributed by atoms with Crippen LogP contribution in [0, 0.1) is 11.8 Å². The highest BCUT2D eigenvalue weighted by atomic mass is 16.5. The molecule has 1 aliphatic heterocycles. The molecule has 2 fully saturated rings. The van der Waals surface area contributed by atoms with Crippen molar-refractivity contribution in [2.45, 2.75) is 57.8 Å². The van der Waals surface area contributed by atoms with Crippen LogP contribution >= 0.6 is 0 Å². The maximum Gasteiger partial charge on any atom is 0.0692 e. The molecule has 1 saturated carbocycles. The standard InChI is InChI=1S/C13H25NO2/c1-9(2)13-7-11(5-6-16-13)14-8-12(15)10-3-4-10/h9-15H,3-8H2,1-2H3. The minimum Gasteiger partial charge on any atom is -0.392 e. The molecule has 2 N–H and O–H groups in total. The van der Waals surface area contributed by atoms with Gasteiger partial charge < -0.3 is 15.2 Å². The van der Waals surface area contributed by atoms with Gasteiger partial charge in [-0.2, -0.15) is 0 Å². The molecule has 3 heteroatoms. The molecule has 0 bridgehead atoms. The van der Waals surface area contributed by atoms with E-state index in [1.54, 1.807) is 0 Å². The lowest BCUT2D eigenvalue weighted by Crippen LogP contribution is -2.43. The summed E-state index contributed by atoms with van der Waals surface area (Å²) in [6.45, 7) is 6.05. The van der Waals surface area contributed by atoms with Gasteiger partial charge >= 0.3 is 0 Å². The van der Waals surface area contributed by atoms with Crippen LogP contribution in [0.3, 0.4) is 0 Å². The van der Waals surface area contributed by atoms with Crippen LogP contribution in [0.15, 0.2) is 0 Å². The molecule has 0 aromatic carbocycles. The lowest BCUT2D eigenvalue weighted by Gasteiger charge is -2.33. The van der Waals surface area contributed by atoms with Crippen LogP contribution in [-0.4, -0.2) is 36.5 Å². The second kappa shape index (κ2) is 5.48. The topological polar surface area (TPSA) is 41.5 Å². The highest BCUT2D eigenvalue weighted by Gasteiger charge is 2.31. The molecule has 0 aromatic heterocycles. The summed E-state index contributed by atoms with van der Waals surface area (Å²) in [5, 5.41) is 13.3. The Morgan fingerprint density at radius 2 is 2.06 bits per heavy atom. The summed E-state index contributed by atoms with van der Waals surface area (Å²) in [5.74, 6) is 1.17. The maximum absolute atomic E-state index is 9.80. The van der Waals surface area contributed by atoms with Crippen molar-refractivity contribution < 1.29 is 9.84 Å². The number of rotatable bonds is 5. The van der Waals surface area contributed by atoms with Crippen molar-refractivity contribution >= 4 is 0 Å². The molecule has 0 radical (unpaired) electrons.